The number of esters is 1. The average Bonchev–Trinajstić information content (AvgIpc) is 3.26. The first-order valence-electron chi connectivity index (χ1n) is 24.5. The van der Waals surface area contributed by atoms with Gasteiger partial charge in [-0.3, -0.25) is 9.35 Å². The van der Waals surface area contributed by atoms with Crippen LogP contribution in [0.3, 0.4) is 0 Å². The lowest BCUT2D eigenvalue weighted by Gasteiger charge is -2.71. The van der Waals surface area contributed by atoms with Crippen molar-refractivity contribution in [1.29, 1.82) is 0 Å². The third-order valence-electron chi connectivity index (χ3n) is 19.1. The molecule has 4 saturated carbocycles. The minimum atomic E-state index is -4.67. The Labute approximate surface area is 403 Å². The van der Waals surface area contributed by atoms with Gasteiger partial charge in [-0.05, 0) is 103 Å². The molecule has 11 N–H and O–H groups in total. The molecule has 3 heterocycles. The van der Waals surface area contributed by atoms with Crippen LogP contribution in [0.2, 0.25) is 0 Å². The zero-order chi connectivity index (χ0) is 50.8. The third kappa shape index (κ3) is 8.87. The highest BCUT2D eigenvalue weighted by Crippen LogP contribution is 2.76. The van der Waals surface area contributed by atoms with Crippen molar-refractivity contribution < 1.29 is 101 Å². The minimum Gasteiger partial charge on any atom is -0.432 e. The number of carbonyl (C=O) groups is 1. The van der Waals surface area contributed by atoms with Gasteiger partial charge in [0.2, 0.25) is 6.29 Å². The van der Waals surface area contributed by atoms with E-state index in [0.717, 1.165) is 18.4 Å². The molecule has 8 rings (SSSR count). The van der Waals surface area contributed by atoms with Crippen molar-refractivity contribution >= 4 is 16.4 Å². The maximum atomic E-state index is 15.0. The maximum absolute atomic E-state index is 15.0. The normalized spacial score (nSPS) is 51.7. The fraction of sp³-hybridized carbons (Fsp3) is 0.936. The van der Waals surface area contributed by atoms with Crippen LogP contribution >= 0.6 is 0 Å². The Bertz CT molecular complexity index is 2040. The van der Waals surface area contributed by atoms with Crippen LogP contribution in [0.15, 0.2) is 11.6 Å². The molecule has 3 aliphatic heterocycles. The summed E-state index contributed by atoms with van der Waals surface area (Å²) in [5, 5.41) is 108. The predicted octanol–water partition coefficient (Wildman–Crippen LogP) is -0.422. The Hall–Kier alpha value is -1.52. The summed E-state index contributed by atoms with van der Waals surface area (Å²) in [6, 6.07) is 0. The lowest BCUT2D eigenvalue weighted by Crippen LogP contribution is -2.68. The molecule has 22 heteroatoms. The van der Waals surface area contributed by atoms with Gasteiger partial charge in [0.1, 0.15) is 72.6 Å². The van der Waals surface area contributed by atoms with Crippen LogP contribution in [0.25, 0.3) is 0 Å². The molecule has 0 bridgehead atoms. The number of fused-ring (bicyclic) bond motifs is 7. The van der Waals surface area contributed by atoms with Crippen LogP contribution in [0, 0.1) is 50.2 Å². The zero-order valence-corrected chi connectivity index (χ0v) is 41.3. The Balaban J connectivity index is 0.996. The molecule has 0 aromatic carbocycles. The lowest BCUT2D eigenvalue weighted by atomic mass is 9.33. The van der Waals surface area contributed by atoms with E-state index in [-0.39, 0.29) is 40.9 Å². The van der Waals surface area contributed by atoms with E-state index in [4.69, 9.17) is 32.6 Å². The van der Waals surface area contributed by atoms with Crippen LogP contribution in [-0.4, -0.2) is 188 Å². The van der Waals surface area contributed by atoms with Crippen molar-refractivity contribution in [2.24, 2.45) is 50.2 Å². The zero-order valence-electron chi connectivity index (χ0n) is 40.4. The molecule has 3 saturated heterocycles. The van der Waals surface area contributed by atoms with Crippen LogP contribution in [0.5, 0.6) is 0 Å². The summed E-state index contributed by atoms with van der Waals surface area (Å²) in [5.74, 6) is -1.16. The van der Waals surface area contributed by atoms with Gasteiger partial charge in [-0.25, -0.2) is 4.18 Å². The first-order chi connectivity index (χ1) is 32.0. The minimum absolute atomic E-state index is 0.0609. The van der Waals surface area contributed by atoms with E-state index in [1.54, 1.807) is 0 Å². The molecular formula is C47H76O21S. The molecule has 0 unspecified atom stereocenters. The number of allylic oxidation sites excluding steroid dienone is 2. The molecule has 0 aromatic rings. The maximum Gasteiger partial charge on any atom is 0.397 e. The molecule has 0 radical (unpaired) electrons. The Kier molecular flexibility index (Phi) is 14.6. The molecule has 0 aromatic heterocycles. The SMILES string of the molecule is CC1(C)CC[C@]2(C(=O)O[C@@H]3O[C@H](CO[C@@H]4O[C@H](CO)[C@@H](O[C@@H]5OC[C@H](O)[C@H](O)[C@H]5O)[C@H](O)[C@H]4O)[C@@H](O)[C@H](O)[C@H]3O)[C@H](O)C[C@]3(C)C(=CC[C@@H]4[C@@]5(C)CC[C@H](OS(=O)(=O)O)C(C)(C)[C@@H]5CC[C@]43C)[C@@H]2C1. The summed E-state index contributed by atoms with van der Waals surface area (Å²) in [4.78, 5) is 15.0. The van der Waals surface area contributed by atoms with Crippen molar-refractivity contribution in [2.45, 2.75) is 204 Å². The van der Waals surface area contributed by atoms with Crippen molar-refractivity contribution in [3.05, 3.63) is 11.6 Å². The molecular weight excluding hydrogens is 933 g/mol. The largest absolute Gasteiger partial charge is 0.432 e. The number of hydrogen-bond acceptors (Lipinski definition) is 20. The van der Waals surface area contributed by atoms with E-state index in [1.165, 1.54) is 0 Å². The summed E-state index contributed by atoms with van der Waals surface area (Å²) in [6.07, 6.45) is -18.7. The Morgan fingerprint density at radius 3 is 2.06 bits per heavy atom. The number of aliphatic hydroxyl groups excluding tert-OH is 10. The number of aliphatic hydroxyl groups is 10. The van der Waals surface area contributed by atoms with Gasteiger partial charge in [0.15, 0.2) is 12.6 Å². The van der Waals surface area contributed by atoms with Crippen LogP contribution < -0.4 is 0 Å². The topological polar surface area (TPSA) is 338 Å². The van der Waals surface area contributed by atoms with Gasteiger partial charge in [-0.1, -0.05) is 60.1 Å². The second-order valence-electron chi connectivity index (χ2n) is 23.7. The third-order valence-corrected chi connectivity index (χ3v) is 19.6. The molecule has 396 valence electrons. The Morgan fingerprint density at radius 2 is 1.39 bits per heavy atom. The molecule has 5 aliphatic carbocycles. The first-order valence-corrected chi connectivity index (χ1v) is 25.8. The van der Waals surface area contributed by atoms with Gasteiger partial charge in [0, 0.05) is 0 Å². The van der Waals surface area contributed by atoms with Crippen molar-refractivity contribution in [3.63, 3.8) is 0 Å². The smallest absolute Gasteiger partial charge is 0.397 e. The first kappa shape index (κ1) is 53.8. The molecule has 0 amide bonds. The molecule has 0 spiro atoms. The number of hydrogen-bond donors (Lipinski definition) is 11. The van der Waals surface area contributed by atoms with E-state index >= 15 is 4.79 Å². The monoisotopic (exact) mass is 1010 g/mol. The summed E-state index contributed by atoms with van der Waals surface area (Å²) >= 11 is 0. The molecule has 69 heavy (non-hydrogen) atoms. The van der Waals surface area contributed by atoms with Crippen molar-refractivity contribution in [3.8, 4) is 0 Å². The van der Waals surface area contributed by atoms with Gasteiger partial charge in [0.05, 0.1) is 32.0 Å². The molecule has 7 fully saturated rings. The Morgan fingerprint density at radius 1 is 0.739 bits per heavy atom. The summed E-state index contributed by atoms with van der Waals surface area (Å²) in [5.41, 5.74) is -2.45. The van der Waals surface area contributed by atoms with Crippen molar-refractivity contribution in [1.82, 2.24) is 0 Å². The van der Waals surface area contributed by atoms with E-state index in [2.05, 4.69) is 40.7 Å². The van der Waals surface area contributed by atoms with E-state index in [1.807, 2.05) is 13.8 Å². The van der Waals surface area contributed by atoms with E-state index in [9.17, 15) is 64.0 Å². The van der Waals surface area contributed by atoms with Gasteiger partial charge >= 0.3 is 16.4 Å². The highest BCUT2D eigenvalue weighted by Gasteiger charge is 2.72. The summed E-state index contributed by atoms with van der Waals surface area (Å²) in [6.45, 7) is 13.1. The molecule has 8 aliphatic rings. The summed E-state index contributed by atoms with van der Waals surface area (Å²) < 4.78 is 72.9. The van der Waals surface area contributed by atoms with Gasteiger partial charge in [-0.15, -0.1) is 0 Å². The van der Waals surface area contributed by atoms with Gasteiger partial charge in [0.25, 0.3) is 0 Å². The summed E-state index contributed by atoms with van der Waals surface area (Å²) in [7, 11) is -4.67. The number of rotatable bonds is 10. The fourth-order valence-corrected chi connectivity index (χ4v) is 15.6. The highest BCUT2D eigenvalue weighted by molar-refractivity contribution is 7.80. The van der Waals surface area contributed by atoms with E-state index < -0.39 is 157 Å². The second-order valence-corrected chi connectivity index (χ2v) is 24.7. The highest BCUT2D eigenvalue weighted by atomic mass is 32.3. The average molecular weight is 1010 g/mol. The van der Waals surface area contributed by atoms with E-state index in [0.29, 0.717) is 32.1 Å². The molecule has 21 nitrogen and oxygen atoms in total. The number of ether oxygens (including phenoxy) is 6. The number of carbonyl (C=O) groups excluding carboxylic acids is 1. The second kappa shape index (κ2) is 18.7. The van der Waals surface area contributed by atoms with Crippen LogP contribution in [0.1, 0.15) is 106 Å². The van der Waals surface area contributed by atoms with Crippen LogP contribution in [0.4, 0.5) is 0 Å². The predicted molar refractivity (Wildman–Crippen MR) is 236 cm³/mol. The standard InChI is InChI=1S/C47H76O21S/c1-42(2)14-15-47(22(16-42)21-8-9-27-44(5)12-11-29(68-69(59,60)61)43(3,4)26(44)10-13-45(27,6)46(21,7)17-28(47)50)41(58)67-40-35(56)32(53)31(52)25(65-40)20-63-38-36(57)33(54)37(24(18-48)64-38)66-39-34(55)30(51)23(49)19-62-39/h8,22-40,48-57H,9-20H2,1-7H3,(H,59,60,61)/t22-,23-,24+,25+,26-,27+,28+,29-,30-,31+,32-,33+,34+,35+,36+,37+,38+,39-,40-,44-,45+,46+,47+/m0/s1. The van der Waals surface area contributed by atoms with Crippen molar-refractivity contribution in [2.75, 3.05) is 19.8 Å². The van der Waals surface area contributed by atoms with Gasteiger partial charge in [-0.2, -0.15) is 8.42 Å². The van der Waals surface area contributed by atoms with Crippen LogP contribution in [-0.2, 0) is 47.8 Å². The molecule has 23 atom stereocenters. The quantitative estimate of drug-likeness (QED) is 0.0752. The van der Waals surface area contributed by atoms with Gasteiger partial charge < -0.3 is 79.5 Å². The lowest BCUT2D eigenvalue weighted by molar-refractivity contribution is -0.355. The fourth-order valence-electron chi connectivity index (χ4n) is 15.0.